The molecule has 22 heavy (non-hydrogen) atoms. The van der Waals surface area contributed by atoms with Crippen molar-refractivity contribution in [2.45, 2.75) is 19.4 Å². The van der Waals surface area contributed by atoms with Gasteiger partial charge in [-0.25, -0.2) is 0 Å². The molecule has 2 rings (SSSR count). The molecule has 0 unspecified atom stereocenters. The van der Waals surface area contributed by atoms with Crippen LogP contribution in [0.25, 0.3) is 0 Å². The number of amides is 2. The van der Waals surface area contributed by atoms with Gasteiger partial charge in [0.25, 0.3) is 0 Å². The van der Waals surface area contributed by atoms with Crippen LogP contribution in [0, 0.1) is 0 Å². The Morgan fingerprint density at radius 3 is 2.50 bits per heavy atom. The van der Waals surface area contributed by atoms with Gasteiger partial charge in [0.2, 0.25) is 11.8 Å². The van der Waals surface area contributed by atoms with Crippen LogP contribution in [0.5, 0.6) is 0 Å². The van der Waals surface area contributed by atoms with Gasteiger partial charge >= 0.3 is 0 Å². The zero-order valence-corrected chi connectivity index (χ0v) is 12.8. The van der Waals surface area contributed by atoms with E-state index in [-0.39, 0.29) is 5.91 Å². The standard InChI is InChI=1S/C17H17ClN2O2/c18-15-6-2-3-12(10-15)7-8-16(21)20-11-13-4-1-5-14(9-13)17(19)22/h1-6,9-10H,7-8,11H2,(H2,19,22)(H,20,21). The maximum Gasteiger partial charge on any atom is 0.248 e. The van der Waals surface area contributed by atoms with Crippen LogP contribution in [0.1, 0.15) is 27.9 Å². The Morgan fingerprint density at radius 2 is 1.77 bits per heavy atom. The van der Waals surface area contributed by atoms with E-state index in [2.05, 4.69) is 5.32 Å². The van der Waals surface area contributed by atoms with Gasteiger partial charge in [-0.2, -0.15) is 0 Å². The van der Waals surface area contributed by atoms with Crippen molar-refractivity contribution in [1.29, 1.82) is 0 Å². The number of benzene rings is 2. The van der Waals surface area contributed by atoms with Crippen LogP contribution in [-0.4, -0.2) is 11.8 Å². The number of nitrogens with one attached hydrogen (secondary N) is 1. The van der Waals surface area contributed by atoms with Gasteiger partial charge in [0.05, 0.1) is 0 Å². The average Bonchev–Trinajstić information content (AvgIpc) is 2.51. The Hall–Kier alpha value is -2.33. The second-order valence-electron chi connectivity index (χ2n) is 4.97. The summed E-state index contributed by atoms with van der Waals surface area (Å²) in [5.74, 6) is -0.529. The summed E-state index contributed by atoms with van der Waals surface area (Å²) in [6, 6.07) is 14.4. The summed E-state index contributed by atoms with van der Waals surface area (Å²) in [6.45, 7) is 0.371. The molecule has 0 atom stereocenters. The molecule has 5 heteroatoms. The largest absolute Gasteiger partial charge is 0.366 e. The molecule has 0 spiro atoms. The number of hydrogen-bond donors (Lipinski definition) is 2. The fraction of sp³-hybridized carbons (Fsp3) is 0.176. The molecular weight excluding hydrogens is 300 g/mol. The Kier molecular flexibility index (Phi) is 5.55. The van der Waals surface area contributed by atoms with E-state index in [0.29, 0.717) is 30.0 Å². The second-order valence-corrected chi connectivity index (χ2v) is 5.41. The highest BCUT2D eigenvalue weighted by molar-refractivity contribution is 6.30. The van der Waals surface area contributed by atoms with Crippen LogP contribution >= 0.6 is 11.6 Å². The Morgan fingerprint density at radius 1 is 1.05 bits per heavy atom. The summed E-state index contributed by atoms with van der Waals surface area (Å²) in [5.41, 5.74) is 7.53. The fourth-order valence-electron chi connectivity index (χ4n) is 2.07. The van der Waals surface area contributed by atoms with Crippen molar-refractivity contribution in [3.63, 3.8) is 0 Å². The fourth-order valence-corrected chi connectivity index (χ4v) is 2.29. The van der Waals surface area contributed by atoms with E-state index in [0.717, 1.165) is 11.1 Å². The van der Waals surface area contributed by atoms with Gasteiger partial charge in [-0.1, -0.05) is 35.9 Å². The predicted octanol–water partition coefficient (Wildman–Crippen LogP) is 2.69. The van der Waals surface area contributed by atoms with E-state index in [1.54, 1.807) is 24.3 Å². The molecule has 0 aliphatic heterocycles. The van der Waals surface area contributed by atoms with Crippen molar-refractivity contribution in [2.75, 3.05) is 0 Å². The van der Waals surface area contributed by atoms with E-state index in [4.69, 9.17) is 17.3 Å². The van der Waals surface area contributed by atoms with Crippen molar-refractivity contribution < 1.29 is 9.59 Å². The lowest BCUT2D eigenvalue weighted by atomic mass is 10.1. The van der Waals surface area contributed by atoms with Crippen molar-refractivity contribution in [3.8, 4) is 0 Å². The van der Waals surface area contributed by atoms with E-state index < -0.39 is 5.91 Å². The third-order valence-electron chi connectivity index (χ3n) is 3.23. The van der Waals surface area contributed by atoms with E-state index in [9.17, 15) is 9.59 Å². The number of aryl methyl sites for hydroxylation is 1. The molecule has 0 heterocycles. The molecule has 0 aromatic heterocycles. The highest BCUT2D eigenvalue weighted by atomic mass is 35.5. The third-order valence-corrected chi connectivity index (χ3v) is 3.47. The van der Waals surface area contributed by atoms with E-state index in [1.807, 2.05) is 24.3 Å². The highest BCUT2D eigenvalue weighted by Crippen LogP contribution is 2.12. The number of carbonyl (C=O) groups excluding carboxylic acids is 2. The summed E-state index contributed by atoms with van der Waals surface area (Å²) >= 11 is 5.90. The van der Waals surface area contributed by atoms with Gasteiger partial charge in [-0.05, 0) is 41.8 Å². The summed E-state index contributed by atoms with van der Waals surface area (Å²) in [5, 5.41) is 3.49. The van der Waals surface area contributed by atoms with Crippen LogP contribution in [-0.2, 0) is 17.8 Å². The first-order valence-corrected chi connectivity index (χ1v) is 7.32. The van der Waals surface area contributed by atoms with E-state index >= 15 is 0 Å². The van der Waals surface area contributed by atoms with Gasteiger partial charge in [0, 0.05) is 23.6 Å². The summed E-state index contributed by atoms with van der Waals surface area (Å²) in [7, 11) is 0. The molecular formula is C17H17ClN2O2. The molecule has 0 bridgehead atoms. The molecule has 0 aliphatic rings. The normalized spacial score (nSPS) is 10.2. The first kappa shape index (κ1) is 16.0. The Balaban J connectivity index is 1.83. The summed E-state index contributed by atoms with van der Waals surface area (Å²) in [6.07, 6.45) is 1.02. The number of rotatable bonds is 6. The first-order valence-electron chi connectivity index (χ1n) is 6.94. The second kappa shape index (κ2) is 7.61. The monoisotopic (exact) mass is 316 g/mol. The van der Waals surface area contributed by atoms with Gasteiger partial charge < -0.3 is 11.1 Å². The maximum atomic E-state index is 11.9. The highest BCUT2D eigenvalue weighted by Gasteiger charge is 2.05. The average molecular weight is 317 g/mol. The number of nitrogens with two attached hydrogens (primary N) is 1. The lowest BCUT2D eigenvalue weighted by Crippen LogP contribution is -2.23. The maximum absolute atomic E-state index is 11.9. The zero-order valence-electron chi connectivity index (χ0n) is 12.0. The summed E-state index contributed by atoms with van der Waals surface area (Å²) in [4.78, 5) is 23.0. The molecule has 0 aliphatic carbocycles. The van der Waals surface area contributed by atoms with Gasteiger partial charge in [-0.3, -0.25) is 9.59 Å². The Labute approximate surface area is 134 Å². The van der Waals surface area contributed by atoms with Crippen LogP contribution in [0.3, 0.4) is 0 Å². The smallest absolute Gasteiger partial charge is 0.248 e. The van der Waals surface area contributed by atoms with Crippen LogP contribution in [0.15, 0.2) is 48.5 Å². The van der Waals surface area contributed by atoms with Crippen LogP contribution < -0.4 is 11.1 Å². The molecule has 0 fully saturated rings. The van der Waals surface area contributed by atoms with Crippen molar-refractivity contribution in [2.24, 2.45) is 5.73 Å². The lowest BCUT2D eigenvalue weighted by Gasteiger charge is -2.07. The molecule has 0 saturated heterocycles. The predicted molar refractivity (Wildman–Crippen MR) is 86.6 cm³/mol. The third kappa shape index (κ3) is 4.90. The number of hydrogen-bond acceptors (Lipinski definition) is 2. The number of carbonyl (C=O) groups is 2. The molecule has 0 saturated carbocycles. The molecule has 2 amide bonds. The van der Waals surface area contributed by atoms with Gasteiger partial charge in [0.1, 0.15) is 0 Å². The minimum atomic E-state index is -0.478. The first-order chi connectivity index (χ1) is 10.5. The van der Waals surface area contributed by atoms with E-state index in [1.165, 1.54) is 0 Å². The lowest BCUT2D eigenvalue weighted by molar-refractivity contribution is -0.121. The molecule has 2 aromatic carbocycles. The van der Waals surface area contributed by atoms with Gasteiger partial charge in [-0.15, -0.1) is 0 Å². The molecule has 3 N–H and O–H groups in total. The van der Waals surface area contributed by atoms with Gasteiger partial charge in [0.15, 0.2) is 0 Å². The van der Waals surface area contributed by atoms with Crippen LogP contribution in [0.4, 0.5) is 0 Å². The molecule has 0 radical (unpaired) electrons. The topological polar surface area (TPSA) is 72.2 Å². The quantitative estimate of drug-likeness (QED) is 0.860. The van der Waals surface area contributed by atoms with Crippen LogP contribution in [0.2, 0.25) is 5.02 Å². The number of halogens is 1. The zero-order chi connectivity index (χ0) is 15.9. The number of primary amides is 1. The molecule has 4 nitrogen and oxygen atoms in total. The summed E-state index contributed by atoms with van der Waals surface area (Å²) < 4.78 is 0. The van der Waals surface area contributed by atoms with Crippen molar-refractivity contribution >= 4 is 23.4 Å². The van der Waals surface area contributed by atoms with Crippen molar-refractivity contribution in [3.05, 3.63) is 70.2 Å². The molecule has 114 valence electrons. The minimum Gasteiger partial charge on any atom is -0.366 e. The SMILES string of the molecule is NC(=O)c1cccc(CNC(=O)CCc2cccc(Cl)c2)c1. The Bertz CT molecular complexity index is 686. The molecule has 2 aromatic rings. The minimum absolute atomic E-state index is 0.0514. The van der Waals surface area contributed by atoms with Crippen molar-refractivity contribution in [1.82, 2.24) is 5.32 Å².